The number of hydrogen-bond acceptors (Lipinski definition) is 4. The molecule has 0 spiro atoms. The fourth-order valence-electron chi connectivity index (χ4n) is 1.87. The molecular weight excluding hydrogens is 331 g/mol. The third-order valence-corrected chi connectivity index (χ3v) is 5.79. The second kappa shape index (κ2) is 5.71. The summed E-state index contributed by atoms with van der Waals surface area (Å²) in [6, 6.07) is 9.53. The van der Waals surface area contributed by atoms with Crippen molar-refractivity contribution in [1.82, 2.24) is 4.98 Å². The first-order valence-electron chi connectivity index (χ1n) is 6.01. The quantitative estimate of drug-likeness (QED) is 0.734. The SMILES string of the molecule is Nc1ccc2nc(S(=O)Cc3cc(Cl)ccc3F)sc2c1. The standard InChI is InChI=1S/C14H10ClFN2OS2/c15-9-1-3-11(16)8(5-9)7-21(19)14-18-12-4-2-10(17)6-13(12)20-14/h1-6H,7,17H2. The molecule has 3 nitrogen and oxygen atoms in total. The first kappa shape index (κ1) is 14.4. The molecule has 3 aromatic rings. The van der Waals surface area contributed by atoms with E-state index in [0.717, 1.165) is 10.2 Å². The Kier molecular flexibility index (Phi) is 3.93. The minimum absolute atomic E-state index is 0.0434. The fraction of sp³-hybridized carbons (Fsp3) is 0.0714. The third kappa shape index (κ3) is 3.07. The van der Waals surface area contributed by atoms with Gasteiger partial charge in [-0.05, 0) is 36.4 Å². The lowest BCUT2D eigenvalue weighted by Gasteiger charge is -2.02. The van der Waals surface area contributed by atoms with Crippen molar-refractivity contribution in [3.05, 3.63) is 52.8 Å². The molecule has 1 heterocycles. The van der Waals surface area contributed by atoms with Crippen LogP contribution in [-0.4, -0.2) is 9.19 Å². The predicted octanol–water partition coefficient (Wildman–Crippen LogP) is 3.98. The zero-order chi connectivity index (χ0) is 15.0. The zero-order valence-corrected chi connectivity index (χ0v) is 13.1. The lowest BCUT2D eigenvalue weighted by atomic mass is 10.2. The first-order valence-corrected chi connectivity index (χ1v) is 8.52. The van der Waals surface area contributed by atoms with Gasteiger partial charge in [-0.25, -0.2) is 9.37 Å². The van der Waals surface area contributed by atoms with Crippen molar-refractivity contribution >= 4 is 49.6 Å². The Bertz CT molecular complexity index is 850. The van der Waals surface area contributed by atoms with Gasteiger partial charge in [0.15, 0.2) is 4.34 Å². The van der Waals surface area contributed by atoms with Crippen LogP contribution in [0.2, 0.25) is 5.02 Å². The highest BCUT2D eigenvalue weighted by atomic mass is 35.5. The van der Waals surface area contributed by atoms with Crippen molar-refractivity contribution in [3.63, 3.8) is 0 Å². The van der Waals surface area contributed by atoms with Crippen LogP contribution >= 0.6 is 22.9 Å². The van der Waals surface area contributed by atoms with Crippen LogP contribution in [0.3, 0.4) is 0 Å². The van der Waals surface area contributed by atoms with E-state index in [1.54, 1.807) is 18.2 Å². The van der Waals surface area contributed by atoms with Gasteiger partial charge in [0.2, 0.25) is 0 Å². The number of thiazole rings is 1. The van der Waals surface area contributed by atoms with E-state index in [1.807, 2.05) is 0 Å². The Labute approximate surface area is 132 Å². The minimum Gasteiger partial charge on any atom is -0.399 e. The fourth-order valence-corrected chi connectivity index (χ4v) is 4.46. The van der Waals surface area contributed by atoms with Crippen LogP contribution in [-0.2, 0) is 16.6 Å². The van der Waals surface area contributed by atoms with Crippen molar-refractivity contribution in [2.24, 2.45) is 0 Å². The summed E-state index contributed by atoms with van der Waals surface area (Å²) >= 11 is 7.14. The van der Waals surface area contributed by atoms with E-state index in [1.165, 1.54) is 29.5 Å². The molecule has 0 amide bonds. The summed E-state index contributed by atoms with van der Waals surface area (Å²) in [6.07, 6.45) is 0. The Morgan fingerprint density at radius 2 is 2.10 bits per heavy atom. The summed E-state index contributed by atoms with van der Waals surface area (Å²) in [5.41, 5.74) is 7.40. The van der Waals surface area contributed by atoms with Crippen molar-refractivity contribution < 1.29 is 8.60 Å². The van der Waals surface area contributed by atoms with Gasteiger partial charge in [0.05, 0.1) is 26.8 Å². The van der Waals surface area contributed by atoms with Crippen LogP contribution in [0.25, 0.3) is 10.2 Å². The Morgan fingerprint density at radius 1 is 1.29 bits per heavy atom. The number of nitrogens with zero attached hydrogens (tertiary/aromatic N) is 1. The van der Waals surface area contributed by atoms with Crippen LogP contribution in [0, 0.1) is 5.82 Å². The monoisotopic (exact) mass is 340 g/mol. The number of nitrogens with two attached hydrogens (primary N) is 1. The Morgan fingerprint density at radius 3 is 2.90 bits per heavy atom. The minimum atomic E-state index is -1.42. The van der Waals surface area contributed by atoms with Crippen LogP contribution in [0.1, 0.15) is 5.56 Å². The Balaban J connectivity index is 1.91. The topological polar surface area (TPSA) is 56.0 Å². The maximum Gasteiger partial charge on any atom is 0.182 e. The molecule has 0 saturated heterocycles. The second-order valence-corrected chi connectivity index (χ2v) is 7.52. The number of halogens is 2. The number of benzene rings is 2. The van der Waals surface area contributed by atoms with Crippen LogP contribution < -0.4 is 5.73 Å². The van der Waals surface area contributed by atoms with Crippen LogP contribution in [0.4, 0.5) is 10.1 Å². The van der Waals surface area contributed by atoms with Crippen molar-refractivity contribution in [3.8, 4) is 0 Å². The van der Waals surface area contributed by atoms with E-state index in [9.17, 15) is 8.60 Å². The molecule has 2 aromatic carbocycles. The molecule has 0 bridgehead atoms. The molecule has 0 fully saturated rings. The summed E-state index contributed by atoms with van der Waals surface area (Å²) in [5.74, 6) is -0.375. The number of hydrogen-bond donors (Lipinski definition) is 1. The molecule has 7 heteroatoms. The molecule has 0 aliphatic rings. The summed E-state index contributed by atoms with van der Waals surface area (Å²) < 4.78 is 27.3. The normalized spacial score (nSPS) is 12.7. The van der Waals surface area contributed by atoms with Crippen LogP contribution in [0.15, 0.2) is 40.7 Å². The van der Waals surface area contributed by atoms with Crippen molar-refractivity contribution in [2.45, 2.75) is 10.1 Å². The molecule has 21 heavy (non-hydrogen) atoms. The summed E-state index contributed by atoms with van der Waals surface area (Å²) in [4.78, 5) is 4.31. The molecule has 0 radical (unpaired) electrons. The van der Waals surface area contributed by atoms with E-state index in [2.05, 4.69) is 4.98 Å². The number of anilines is 1. The number of aromatic nitrogens is 1. The van der Waals surface area contributed by atoms with Gasteiger partial charge in [0.1, 0.15) is 5.82 Å². The van der Waals surface area contributed by atoms with E-state index < -0.39 is 16.6 Å². The molecule has 2 N–H and O–H groups in total. The highest BCUT2D eigenvalue weighted by molar-refractivity contribution is 7.86. The van der Waals surface area contributed by atoms with E-state index in [4.69, 9.17) is 17.3 Å². The van der Waals surface area contributed by atoms with Gasteiger partial charge in [0.25, 0.3) is 0 Å². The Hall–Kier alpha value is -1.50. The number of fused-ring (bicyclic) bond motifs is 1. The van der Waals surface area contributed by atoms with Crippen LogP contribution in [0.5, 0.6) is 0 Å². The van der Waals surface area contributed by atoms with Gasteiger partial charge < -0.3 is 5.73 Å². The number of rotatable bonds is 3. The molecule has 0 saturated carbocycles. The average molecular weight is 341 g/mol. The second-order valence-electron chi connectivity index (χ2n) is 4.43. The zero-order valence-electron chi connectivity index (χ0n) is 10.7. The average Bonchev–Trinajstić information content (AvgIpc) is 2.86. The maximum absolute atomic E-state index is 13.7. The van der Waals surface area contributed by atoms with Crippen molar-refractivity contribution in [2.75, 3.05) is 5.73 Å². The lowest BCUT2D eigenvalue weighted by molar-refractivity contribution is 0.615. The molecule has 0 aliphatic heterocycles. The summed E-state index contributed by atoms with van der Waals surface area (Å²) in [5, 5.41) is 0.417. The highest BCUT2D eigenvalue weighted by Crippen LogP contribution is 2.28. The van der Waals surface area contributed by atoms with Gasteiger partial charge in [-0.3, -0.25) is 4.21 Å². The highest BCUT2D eigenvalue weighted by Gasteiger charge is 2.14. The summed E-state index contributed by atoms with van der Waals surface area (Å²) in [7, 11) is -1.42. The van der Waals surface area contributed by atoms with E-state index >= 15 is 0 Å². The predicted molar refractivity (Wildman–Crippen MR) is 85.6 cm³/mol. The molecular formula is C14H10ClFN2OS2. The van der Waals surface area contributed by atoms with Crippen molar-refractivity contribution in [1.29, 1.82) is 0 Å². The third-order valence-electron chi connectivity index (χ3n) is 2.88. The number of nitrogen functional groups attached to an aromatic ring is 1. The molecule has 1 atom stereocenters. The summed E-state index contributed by atoms with van der Waals surface area (Å²) in [6.45, 7) is 0. The van der Waals surface area contributed by atoms with Gasteiger partial charge in [0, 0.05) is 16.3 Å². The first-order chi connectivity index (χ1) is 10.0. The molecule has 1 aromatic heterocycles. The molecule has 0 aliphatic carbocycles. The molecule has 1 unspecified atom stereocenters. The van der Waals surface area contributed by atoms with E-state index in [-0.39, 0.29) is 5.75 Å². The molecule has 108 valence electrons. The van der Waals surface area contributed by atoms with Gasteiger partial charge >= 0.3 is 0 Å². The largest absolute Gasteiger partial charge is 0.399 e. The smallest absolute Gasteiger partial charge is 0.182 e. The van der Waals surface area contributed by atoms with E-state index in [0.29, 0.717) is 20.6 Å². The molecule has 3 rings (SSSR count). The van der Waals surface area contributed by atoms with Gasteiger partial charge in [-0.15, -0.1) is 11.3 Å². The maximum atomic E-state index is 13.7. The lowest BCUT2D eigenvalue weighted by Crippen LogP contribution is -1.98. The van der Waals surface area contributed by atoms with Gasteiger partial charge in [-0.2, -0.15) is 0 Å². The van der Waals surface area contributed by atoms with Gasteiger partial charge in [-0.1, -0.05) is 11.6 Å².